The van der Waals surface area contributed by atoms with E-state index in [1.165, 1.54) is 0 Å². The standard InChI is InChI=1S/C74H42N16/c1-5-17-47-43(13-1)69(63-37-79-57(31-85-63)55-29-75-25-27-77-55)44-14-2-6-18-48(44)71(47)65-39-81-59(33-87-65)61-35-89-67(41-83-61)73-51-21-9-11-23-53(51)74(54-24-12-10-22-52(54)73)68-42-84-62(36-90-68)60-34-88-66(40-82-60)72-49-19-7-3-15-45(49)70(46-16-4-8-20-50(46)72)64-38-80-58(32-86-64)56-30-76-26-28-78-56/h1-42H. The average Bonchev–Trinajstić information content (AvgIpc) is 0.806. The van der Waals surface area contributed by atoms with Crippen LogP contribution in [-0.2, 0) is 0 Å². The van der Waals surface area contributed by atoms with Crippen LogP contribution in [0.4, 0.5) is 0 Å². The molecule has 9 aromatic carbocycles. The van der Waals surface area contributed by atoms with Crippen molar-refractivity contribution in [3.8, 4) is 113 Å². The van der Waals surface area contributed by atoms with E-state index in [0.717, 1.165) is 121 Å². The molecule has 0 fully saturated rings. The Morgan fingerprint density at radius 3 is 0.411 bits per heavy atom. The minimum Gasteiger partial charge on any atom is -0.261 e. The van der Waals surface area contributed by atoms with Crippen molar-refractivity contribution in [1.82, 2.24) is 79.7 Å². The molecule has 0 saturated heterocycles. The van der Waals surface area contributed by atoms with E-state index in [-0.39, 0.29) is 0 Å². The molecule has 0 spiro atoms. The van der Waals surface area contributed by atoms with Crippen molar-refractivity contribution < 1.29 is 0 Å². The second-order valence-corrected chi connectivity index (χ2v) is 21.4. The van der Waals surface area contributed by atoms with Gasteiger partial charge in [0.2, 0.25) is 0 Å². The van der Waals surface area contributed by atoms with Gasteiger partial charge in [0.1, 0.15) is 45.6 Å². The van der Waals surface area contributed by atoms with Crippen LogP contribution in [0.15, 0.2) is 257 Å². The highest BCUT2D eigenvalue weighted by Crippen LogP contribution is 2.46. The Morgan fingerprint density at radius 1 is 0.133 bits per heavy atom. The van der Waals surface area contributed by atoms with Crippen molar-refractivity contribution >= 4 is 64.6 Å². The van der Waals surface area contributed by atoms with E-state index in [9.17, 15) is 0 Å². The summed E-state index contributed by atoms with van der Waals surface area (Å²) in [6.45, 7) is 0. The Balaban J connectivity index is 0.669. The van der Waals surface area contributed by atoms with Crippen LogP contribution in [-0.4, -0.2) is 79.7 Å². The van der Waals surface area contributed by atoms with Crippen LogP contribution in [0.3, 0.4) is 0 Å². The molecule has 0 amide bonds. The first kappa shape index (κ1) is 51.6. The lowest BCUT2D eigenvalue weighted by Crippen LogP contribution is -1.98. The summed E-state index contributed by atoms with van der Waals surface area (Å²) < 4.78 is 0. The van der Waals surface area contributed by atoms with Gasteiger partial charge in [0.25, 0.3) is 0 Å². The highest BCUT2D eigenvalue weighted by atomic mass is 14.9. The van der Waals surface area contributed by atoms with E-state index in [4.69, 9.17) is 59.8 Å². The summed E-state index contributed by atoms with van der Waals surface area (Å²) in [5.74, 6) is 0. The fraction of sp³-hybridized carbons (Fsp3) is 0. The normalized spacial score (nSPS) is 11.6. The van der Waals surface area contributed by atoms with Gasteiger partial charge in [0.05, 0.1) is 121 Å². The minimum atomic E-state index is 0.594. The largest absolute Gasteiger partial charge is 0.261 e. The summed E-state index contributed by atoms with van der Waals surface area (Å²) in [5.41, 5.74) is 15.2. The molecule has 0 aliphatic heterocycles. The van der Waals surface area contributed by atoms with Crippen molar-refractivity contribution in [2.45, 2.75) is 0 Å². The van der Waals surface area contributed by atoms with Crippen molar-refractivity contribution in [2.75, 3.05) is 0 Å². The Kier molecular flexibility index (Phi) is 12.4. The van der Waals surface area contributed by atoms with Gasteiger partial charge in [-0.15, -0.1) is 0 Å². The summed E-state index contributed by atoms with van der Waals surface area (Å²) in [5, 5.41) is 12.1. The topological polar surface area (TPSA) is 206 Å². The predicted octanol–water partition coefficient (Wildman–Crippen LogP) is 15.6. The first-order valence-electron chi connectivity index (χ1n) is 29.0. The van der Waals surface area contributed by atoms with E-state index in [1.807, 2.05) is 97.6 Å². The molecule has 0 bridgehead atoms. The Labute approximate surface area is 512 Å². The number of hydrogen-bond acceptors (Lipinski definition) is 16. The SMILES string of the molecule is c1ccc2c(-c3cnc(-c4cnc(-c5c6ccccc6c(-c6cnc(-c7cnc(-c8c9ccccc9c(-c9cnc(-c%10cnccn%10)cn9)c9ccccc89)cn7)cn6)c6ccccc56)cn4)cn3)c3ccccc3c(-c3cnc(-c4cnccn4)cn3)c2c1. The molecule has 8 heterocycles. The van der Waals surface area contributed by atoms with Crippen LogP contribution in [0.25, 0.3) is 178 Å². The van der Waals surface area contributed by atoms with Crippen LogP contribution in [0, 0.1) is 0 Å². The van der Waals surface area contributed by atoms with Crippen molar-refractivity contribution in [2.24, 2.45) is 0 Å². The van der Waals surface area contributed by atoms with Crippen LogP contribution >= 0.6 is 0 Å². The average molecular weight is 1160 g/mol. The van der Waals surface area contributed by atoms with Gasteiger partial charge in [0.15, 0.2) is 0 Å². The lowest BCUT2D eigenvalue weighted by molar-refractivity contribution is 1.15. The van der Waals surface area contributed by atoms with E-state index in [2.05, 4.69) is 92.7 Å². The number of fused-ring (bicyclic) bond motifs is 6. The molecule has 8 aromatic heterocycles. The number of nitrogens with zero attached hydrogens (tertiary/aromatic N) is 16. The molecule has 0 aliphatic rings. The van der Waals surface area contributed by atoms with Crippen LogP contribution in [0.2, 0.25) is 0 Å². The molecule has 0 N–H and O–H groups in total. The van der Waals surface area contributed by atoms with E-state index in [0.29, 0.717) is 56.9 Å². The zero-order chi connectivity index (χ0) is 59.5. The van der Waals surface area contributed by atoms with Gasteiger partial charge in [-0.3, -0.25) is 79.7 Å². The Morgan fingerprint density at radius 2 is 0.278 bits per heavy atom. The van der Waals surface area contributed by atoms with Gasteiger partial charge >= 0.3 is 0 Å². The van der Waals surface area contributed by atoms with Gasteiger partial charge in [0, 0.05) is 58.2 Å². The van der Waals surface area contributed by atoms with E-state index >= 15 is 0 Å². The first-order chi connectivity index (χ1) is 44.7. The van der Waals surface area contributed by atoms with Crippen LogP contribution < -0.4 is 0 Å². The molecule has 0 atom stereocenters. The smallest absolute Gasteiger partial charge is 0.109 e. The monoisotopic (exact) mass is 1150 g/mol. The van der Waals surface area contributed by atoms with Gasteiger partial charge < -0.3 is 0 Å². The van der Waals surface area contributed by atoms with Gasteiger partial charge in [-0.2, -0.15) is 0 Å². The molecular weight excluding hydrogens is 1110 g/mol. The third kappa shape index (κ3) is 8.77. The Bertz CT molecular complexity index is 5090. The summed E-state index contributed by atoms with van der Waals surface area (Å²) >= 11 is 0. The summed E-state index contributed by atoms with van der Waals surface area (Å²) in [7, 11) is 0. The summed E-state index contributed by atoms with van der Waals surface area (Å²) in [4.78, 5) is 76.7. The van der Waals surface area contributed by atoms with Crippen LogP contribution in [0.1, 0.15) is 0 Å². The fourth-order valence-corrected chi connectivity index (χ4v) is 12.4. The van der Waals surface area contributed by atoms with Gasteiger partial charge in [-0.1, -0.05) is 146 Å². The molecule has 16 nitrogen and oxygen atoms in total. The van der Waals surface area contributed by atoms with E-state index in [1.54, 1.807) is 86.8 Å². The molecule has 17 aromatic rings. The third-order valence-electron chi connectivity index (χ3n) is 16.4. The Hall–Kier alpha value is -12.8. The maximum Gasteiger partial charge on any atom is 0.109 e. The molecule has 0 radical (unpaired) electrons. The summed E-state index contributed by atoms with van der Waals surface area (Å²) in [6, 6.07) is 49.9. The molecule has 418 valence electrons. The van der Waals surface area contributed by atoms with Crippen molar-refractivity contribution in [3.05, 3.63) is 257 Å². The molecule has 90 heavy (non-hydrogen) atoms. The van der Waals surface area contributed by atoms with Crippen molar-refractivity contribution in [1.29, 1.82) is 0 Å². The number of hydrogen-bond donors (Lipinski definition) is 0. The fourth-order valence-electron chi connectivity index (χ4n) is 12.4. The lowest BCUT2D eigenvalue weighted by atomic mass is 9.89. The molecule has 16 heteroatoms. The second-order valence-electron chi connectivity index (χ2n) is 21.4. The molecule has 0 saturated carbocycles. The highest BCUT2D eigenvalue weighted by Gasteiger charge is 2.23. The van der Waals surface area contributed by atoms with Crippen molar-refractivity contribution in [3.63, 3.8) is 0 Å². The third-order valence-corrected chi connectivity index (χ3v) is 16.4. The van der Waals surface area contributed by atoms with Gasteiger partial charge in [-0.25, -0.2) is 0 Å². The maximum atomic E-state index is 5.08. The first-order valence-corrected chi connectivity index (χ1v) is 29.0. The molecule has 0 unspecified atom stereocenters. The number of rotatable bonds is 10. The molecular formula is C74H42N16. The zero-order valence-corrected chi connectivity index (χ0v) is 47.4. The van der Waals surface area contributed by atoms with Gasteiger partial charge in [-0.05, 0) is 64.6 Å². The number of benzene rings is 9. The minimum absolute atomic E-state index is 0.594. The van der Waals surface area contributed by atoms with Crippen LogP contribution in [0.5, 0.6) is 0 Å². The maximum absolute atomic E-state index is 5.08. The van der Waals surface area contributed by atoms with E-state index < -0.39 is 0 Å². The second kappa shape index (κ2) is 21.6. The molecule has 0 aliphatic carbocycles. The quantitative estimate of drug-likeness (QED) is 0.117. The number of aromatic nitrogens is 16. The predicted molar refractivity (Wildman–Crippen MR) is 351 cm³/mol. The highest BCUT2D eigenvalue weighted by molar-refractivity contribution is 6.23. The summed E-state index contributed by atoms with van der Waals surface area (Å²) in [6.07, 6.45) is 31.4. The zero-order valence-electron chi connectivity index (χ0n) is 47.4. The lowest BCUT2D eigenvalue weighted by Gasteiger charge is -2.17. The molecule has 17 rings (SSSR count).